The monoisotopic (exact) mass is 274 g/mol. The minimum Gasteiger partial charge on any atom is -0.309 e. The van der Waals surface area contributed by atoms with Crippen LogP contribution >= 0.6 is 23.0 Å². The smallest absolute Gasteiger partial charge is 0.230 e. The molecule has 0 aliphatic heterocycles. The molecule has 0 aliphatic rings. The van der Waals surface area contributed by atoms with Gasteiger partial charge in [0.2, 0.25) is 8.87 Å². The summed E-state index contributed by atoms with van der Waals surface area (Å²) >= 11 is 4.65. The van der Waals surface area contributed by atoms with Crippen molar-refractivity contribution in [3.05, 3.63) is 41.3 Å². The van der Waals surface area contributed by atoms with Crippen molar-refractivity contribution < 1.29 is 8.42 Å². The Labute approximate surface area is 103 Å². The number of hydrogen-bond donors (Lipinski definition) is 2. The molecule has 0 heterocycles. The van der Waals surface area contributed by atoms with Crippen LogP contribution in [0.1, 0.15) is 5.56 Å². The van der Waals surface area contributed by atoms with E-state index >= 15 is 0 Å². The number of thiocarbonyl (C=S) groups is 1. The summed E-state index contributed by atoms with van der Waals surface area (Å²) in [6, 6.07) is 9.11. The van der Waals surface area contributed by atoms with E-state index in [-0.39, 0.29) is 4.32 Å². The van der Waals surface area contributed by atoms with Crippen molar-refractivity contribution in [1.29, 1.82) is 0 Å². The van der Waals surface area contributed by atoms with Gasteiger partial charge in [0, 0.05) is 16.2 Å². The Hall–Kier alpha value is -0.890. The van der Waals surface area contributed by atoms with Crippen LogP contribution in [0.25, 0.3) is 6.08 Å². The third-order valence-electron chi connectivity index (χ3n) is 1.54. The van der Waals surface area contributed by atoms with Crippen LogP contribution in [0.3, 0.4) is 0 Å². The Morgan fingerprint density at radius 1 is 1.38 bits per heavy atom. The maximum absolute atomic E-state index is 11.5. The molecule has 4 nitrogen and oxygen atoms in total. The summed E-state index contributed by atoms with van der Waals surface area (Å²) in [5.74, 6) is 4.99. The first-order valence-electron chi connectivity index (χ1n) is 4.22. The maximum atomic E-state index is 11.5. The maximum Gasteiger partial charge on any atom is 0.230 e. The lowest BCUT2D eigenvalue weighted by Gasteiger charge is -1.99. The summed E-state index contributed by atoms with van der Waals surface area (Å²) in [4.78, 5) is 0. The minimum atomic E-state index is -3.44. The average Bonchev–Trinajstić information content (AvgIpc) is 2.27. The van der Waals surface area contributed by atoms with Gasteiger partial charge in [0.25, 0.3) is 0 Å². The van der Waals surface area contributed by atoms with Crippen molar-refractivity contribution in [3.63, 3.8) is 0 Å². The third kappa shape index (κ3) is 4.75. The van der Waals surface area contributed by atoms with E-state index in [9.17, 15) is 8.42 Å². The molecule has 1 aromatic rings. The number of benzene rings is 1. The van der Waals surface area contributed by atoms with E-state index in [4.69, 9.17) is 5.84 Å². The van der Waals surface area contributed by atoms with Gasteiger partial charge in [0.1, 0.15) is 0 Å². The Kier molecular flexibility index (Phi) is 4.94. The van der Waals surface area contributed by atoms with Gasteiger partial charge in [-0.3, -0.25) is 0 Å². The average molecular weight is 274 g/mol. The first kappa shape index (κ1) is 13.2. The van der Waals surface area contributed by atoms with Gasteiger partial charge in [-0.15, -0.1) is 0 Å². The first-order chi connectivity index (χ1) is 7.53. The largest absolute Gasteiger partial charge is 0.309 e. The SMILES string of the molecule is NNC(=S)SS(=O)(=O)C=Cc1ccccc1. The van der Waals surface area contributed by atoms with Crippen LogP contribution in [0.15, 0.2) is 35.7 Å². The van der Waals surface area contributed by atoms with Crippen molar-refractivity contribution in [2.75, 3.05) is 0 Å². The molecule has 0 unspecified atom stereocenters. The van der Waals surface area contributed by atoms with Crippen LogP contribution in [0.5, 0.6) is 0 Å². The van der Waals surface area contributed by atoms with Crippen LogP contribution in [-0.2, 0) is 8.87 Å². The highest BCUT2D eigenvalue weighted by molar-refractivity contribution is 8.80. The van der Waals surface area contributed by atoms with Crippen molar-refractivity contribution in [2.45, 2.75) is 0 Å². The summed E-state index contributed by atoms with van der Waals surface area (Å²) < 4.78 is 22.9. The van der Waals surface area contributed by atoms with E-state index in [1.54, 1.807) is 12.1 Å². The number of hydrazine groups is 1. The zero-order valence-corrected chi connectivity index (χ0v) is 10.6. The fraction of sp³-hybridized carbons (Fsp3) is 0. The van der Waals surface area contributed by atoms with Gasteiger partial charge in [-0.2, -0.15) is 0 Å². The molecule has 7 heteroatoms. The highest BCUT2D eigenvalue weighted by Gasteiger charge is 2.09. The lowest BCUT2D eigenvalue weighted by Crippen LogP contribution is -2.26. The molecule has 0 saturated carbocycles. The van der Waals surface area contributed by atoms with Crippen LogP contribution in [0, 0.1) is 0 Å². The molecule has 0 fully saturated rings. The molecule has 0 spiro atoms. The predicted octanol–water partition coefficient (Wildman–Crippen LogP) is 1.47. The van der Waals surface area contributed by atoms with Gasteiger partial charge in [0.15, 0.2) is 4.32 Å². The fourth-order valence-electron chi connectivity index (χ4n) is 0.883. The van der Waals surface area contributed by atoms with E-state index < -0.39 is 8.87 Å². The molecule has 0 bridgehead atoms. The molecule has 0 saturated heterocycles. The van der Waals surface area contributed by atoms with Crippen molar-refractivity contribution >= 4 is 42.3 Å². The fourth-order valence-corrected chi connectivity index (χ4v) is 3.49. The normalized spacial score (nSPS) is 11.6. The van der Waals surface area contributed by atoms with Gasteiger partial charge in [-0.1, -0.05) is 42.5 Å². The highest BCUT2D eigenvalue weighted by Crippen LogP contribution is 2.16. The highest BCUT2D eigenvalue weighted by atomic mass is 33.1. The quantitative estimate of drug-likeness (QED) is 0.376. The van der Waals surface area contributed by atoms with Crippen molar-refractivity contribution in [3.8, 4) is 0 Å². The van der Waals surface area contributed by atoms with Crippen molar-refractivity contribution in [2.24, 2.45) is 5.84 Å². The van der Waals surface area contributed by atoms with Crippen LogP contribution in [0.2, 0.25) is 0 Å². The standard InChI is InChI=1S/C9H10N2O2S3/c10-11-9(14)15-16(12,13)7-6-8-4-2-1-3-5-8/h1-7H,10H2,(H,11,14). The number of nitrogens with one attached hydrogen (secondary N) is 1. The summed E-state index contributed by atoms with van der Waals surface area (Å²) in [5.41, 5.74) is 2.90. The number of rotatable bonds is 3. The molecular formula is C9H10N2O2S3. The number of nitrogens with two attached hydrogens (primary N) is 1. The van der Waals surface area contributed by atoms with Gasteiger partial charge in [-0.25, -0.2) is 14.3 Å². The lowest BCUT2D eigenvalue weighted by atomic mass is 10.2. The second-order valence-corrected chi connectivity index (χ2v) is 7.11. The summed E-state index contributed by atoms with van der Waals surface area (Å²) in [7, 11) is -2.94. The molecule has 16 heavy (non-hydrogen) atoms. The topological polar surface area (TPSA) is 72.2 Å². The molecule has 0 aliphatic carbocycles. The second kappa shape index (κ2) is 6.00. The van der Waals surface area contributed by atoms with Crippen LogP contribution in [0.4, 0.5) is 0 Å². The zero-order valence-electron chi connectivity index (χ0n) is 8.16. The Morgan fingerprint density at radius 3 is 2.56 bits per heavy atom. The third-order valence-corrected chi connectivity index (χ3v) is 4.72. The molecule has 0 amide bonds. The van der Waals surface area contributed by atoms with Gasteiger partial charge in [0.05, 0.1) is 0 Å². The van der Waals surface area contributed by atoms with Crippen LogP contribution < -0.4 is 11.3 Å². The van der Waals surface area contributed by atoms with Gasteiger partial charge >= 0.3 is 0 Å². The van der Waals surface area contributed by atoms with E-state index in [0.717, 1.165) is 11.0 Å². The van der Waals surface area contributed by atoms with Crippen LogP contribution in [-0.4, -0.2) is 12.7 Å². The second-order valence-electron chi connectivity index (χ2n) is 2.72. The van der Waals surface area contributed by atoms with Crippen molar-refractivity contribution in [1.82, 2.24) is 5.43 Å². The molecule has 0 aromatic heterocycles. The molecule has 0 atom stereocenters. The van der Waals surface area contributed by atoms with E-state index in [0.29, 0.717) is 10.8 Å². The van der Waals surface area contributed by atoms with Gasteiger partial charge in [-0.05, 0) is 11.6 Å². The van der Waals surface area contributed by atoms with E-state index in [2.05, 4.69) is 17.6 Å². The molecule has 1 rings (SSSR count). The number of hydrogen-bond acceptors (Lipinski definition) is 5. The predicted molar refractivity (Wildman–Crippen MR) is 71.9 cm³/mol. The molecule has 86 valence electrons. The lowest BCUT2D eigenvalue weighted by molar-refractivity contribution is 0.618. The Bertz CT molecular complexity index is 483. The minimum absolute atomic E-state index is 0.0118. The van der Waals surface area contributed by atoms with E-state index in [1.807, 2.05) is 18.2 Å². The Morgan fingerprint density at radius 2 is 2.00 bits per heavy atom. The first-order valence-corrected chi connectivity index (χ1v) is 7.50. The zero-order chi connectivity index (χ0) is 12.0. The van der Waals surface area contributed by atoms with E-state index in [1.165, 1.54) is 6.08 Å². The molecule has 3 N–H and O–H groups in total. The summed E-state index contributed by atoms with van der Waals surface area (Å²) in [6.07, 6.45) is 1.50. The molecule has 0 radical (unpaired) electrons. The Balaban J connectivity index is 2.74. The molecular weight excluding hydrogens is 264 g/mol. The van der Waals surface area contributed by atoms with Gasteiger partial charge < -0.3 is 5.43 Å². The summed E-state index contributed by atoms with van der Waals surface area (Å²) in [6.45, 7) is 0. The molecule has 1 aromatic carbocycles. The summed E-state index contributed by atoms with van der Waals surface area (Å²) in [5, 5.41) is 1.09.